The molecule has 104 valence electrons. The molecular formula is C14H21N3OS. The highest BCUT2D eigenvalue weighted by Crippen LogP contribution is 2.43. The molecule has 1 aromatic rings. The molecule has 1 aromatic heterocycles. The highest BCUT2D eigenvalue weighted by atomic mass is 32.2. The molecule has 5 heteroatoms. The molecule has 0 aliphatic carbocycles. The SMILES string of the molecule is NNC(c1cccnc1)C1CCOC2(CCSC2)C1. The van der Waals surface area contributed by atoms with Crippen molar-refractivity contribution in [2.75, 3.05) is 18.1 Å². The number of nitrogens with two attached hydrogens (primary N) is 1. The van der Waals surface area contributed by atoms with Crippen LogP contribution in [0.15, 0.2) is 24.5 Å². The van der Waals surface area contributed by atoms with Crippen LogP contribution in [0.4, 0.5) is 0 Å². The second kappa shape index (κ2) is 5.79. The van der Waals surface area contributed by atoms with Crippen LogP contribution in [0, 0.1) is 5.92 Å². The number of nitrogens with one attached hydrogen (secondary N) is 1. The van der Waals surface area contributed by atoms with Gasteiger partial charge in [-0.1, -0.05) is 6.07 Å². The number of nitrogens with zero attached hydrogens (tertiary/aromatic N) is 1. The minimum atomic E-state index is 0.102. The molecule has 2 aliphatic rings. The maximum Gasteiger partial charge on any atom is 0.0783 e. The Morgan fingerprint density at radius 1 is 1.58 bits per heavy atom. The van der Waals surface area contributed by atoms with Crippen LogP contribution >= 0.6 is 11.8 Å². The minimum Gasteiger partial charge on any atom is -0.374 e. The van der Waals surface area contributed by atoms with Crippen molar-refractivity contribution in [3.63, 3.8) is 0 Å². The van der Waals surface area contributed by atoms with Crippen molar-refractivity contribution >= 4 is 11.8 Å². The van der Waals surface area contributed by atoms with E-state index in [0.717, 1.165) is 25.2 Å². The maximum absolute atomic E-state index is 6.08. The van der Waals surface area contributed by atoms with Gasteiger partial charge < -0.3 is 4.74 Å². The predicted octanol–water partition coefficient (Wildman–Crippen LogP) is 1.89. The molecule has 3 heterocycles. The van der Waals surface area contributed by atoms with E-state index < -0.39 is 0 Å². The molecule has 2 saturated heterocycles. The Bertz CT molecular complexity index is 408. The standard InChI is InChI=1S/C14H21N3OS/c15-17-13(12-2-1-5-16-9-12)11-3-6-18-14(8-11)4-7-19-10-14/h1-2,5,9,11,13,17H,3-4,6-8,10,15H2. The Kier molecular flexibility index (Phi) is 4.07. The fraction of sp³-hybridized carbons (Fsp3) is 0.643. The first-order valence-corrected chi connectivity index (χ1v) is 8.06. The zero-order valence-electron chi connectivity index (χ0n) is 11.0. The van der Waals surface area contributed by atoms with Crippen molar-refractivity contribution in [2.45, 2.75) is 30.9 Å². The second-order valence-electron chi connectivity index (χ2n) is 5.52. The zero-order chi connectivity index (χ0) is 13.1. The van der Waals surface area contributed by atoms with Crippen molar-refractivity contribution in [3.8, 4) is 0 Å². The van der Waals surface area contributed by atoms with E-state index in [0.29, 0.717) is 5.92 Å². The fourth-order valence-electron chi connectivity index (χ4n) is 3.28. The summed E-state index contributed by atoms with van der Waals surface area (Å²) < 4.78 is 6.08. The van der Waals surface area contributed by atoms with Gasteiger partial charge >= 0.3 is 0 Å². The number of hydrazine groups is 1. The van der Waals surface area contributed by atoms with E-state index in [2.05, 4.69) is 16.5 Å². The highest BCUT2D eigenvalue weighted by Gasteiger charge is 2.42. The van der Waals surface area contributed by atoms with Crippen LogP contribution in [0.3, 0.4) is 0 Å². The molecule has 0 aromatic carbocycles. The number of pyridine rings is 1. The van der Waals surface area contributed by atoms with Crippen molar-refractivity contribution in [1.82, 2.24) is 10.4 Å². The van der Waals surface area contributed by atoms with Gasteiger partial charge in [0, 0.05) is 24.8 Å². The van der Waals surface area contributed by atoms with Gasteiger partial charge in [0.05, 0.1) is 11.6 Å². The molecule has 3 N–H and O–H groups in total. The average molecular weight is 279 g/mol. The van der Waals surface area contributed by atoms with Crippen molar-refractivity contribution < 1.29 is 4.74 Å². The molecule has 3 unspecified atom stereocenters. The van der Waals surface area contributed by atoms with E-state index in [1.807, 2.05) is 24.0 Å². The average Bonchev–Trinajstić information content (AvgIpc) is 2.89. The molecule has 2 fully saturated rings. The van der Waals surface area contributed by atoms with E-state index in [1.165, 1.54) is 17.7 Å². The van der Waals surface area contributed by atoms with Gasteiger partial charge in [0.25, 0.3) is 0 Å². The Labute approximate surface area is 118 Å². The quantitative estimate of drug-likeness (QED) is 0.653. The van der Waals surface area contributed by atoms with Gasteiger partial charge in [0.1, 0.15) is 0 Å². The molecule has 3 rings (SSSR count). The summed E-state index contributed by atoms with van der Waals surface area (Å²) in [5.74, 6) is 8.68. The Balaban J connectivity index is 1.76. The highest BCUT2D eigenvalue weighted by molar-refractivity contribution is 7.99. The van der Waals surface area contributed by atoms with Crippen LogP contribution < -0.4 is 11.3 Å². The molecule has 0 radical (unpaired) electrons. The lowest BCUT2D eigenvalue weighted by Crippen LogP contribution is -2.45. The van der Waals surface area contributed by atoms with Crippen LogP contribution in [0.25, 0.3) is 0 Å². The molecule has 1 spiro atoms. The number of ether oxygens (including phenoxy) is 1. The number of thioether (sulfide) groups is 1. The molecule has 0 saturated carbocycles. The number of aromatic nitrogens is 1. The smallest absolute Gasteiger partial charge is 0.0783 e. The monoisotopic (exact) mass is 279 g/mol. The Morgan fingerprint density at radius 2 is 2.53 bits per heavy atom. The minimum absolute atomic E-state index is 0.102. The van der Waals surface area contributed by atoms with Gasteiger partial charge in [-0.2, -0.15) is 11.8 Å². The third-order valence-corrected chi connectivity index (χ3v) is 5.52. The van der Waals surface area contributed by atoms with Gasteiger partial charge in [-0.3, -0.25) is 16.3 Å². The lowest BCUT2D eigenvalue weighted by Gasteiger charge is -2.40. The normalized spacial score (nSPS) is 32.6. The first kappa shape index (κ1) is 13.4. The molecule has 0 amide bonds. The summed E-state index contributed by atoms with van der Waals surface area (Å²) >= 11 is 2.01. The zero-order valence-corrected chi connectivity index (χ0v) is 11.9. The maximum atomic E-state index is 6.08. The van der Waals surface area contributed by atoms with E-state index >= 15 is 0 Å². The van der Waals surface area contributed by atoms with E-state index in [4.69, 9.17) is 10.6 Å². The van der Waals surface area contributed by atoms with Crippen molar-refractivity contribution in [2.24, 2.45) is 11.8 Å². The van der Waals surface area contributed by atoms with Gasteiger partial charge in [-0.25, -0.2) is 0 Å². The van der Waals surface area contributed by atoms with Crippen LogP contribution in [0.2, 0.25) is 0 Å². The third kappa shape index (κ3) is 2.79. The second-order valence-corrected chi connectivity index (χ2v) is 6.62. The lowest BCUT2D eigenvalue weighted by atomic mass is 9.79. The van der Waals surface area contributed by atoms with Crippen LogP contribution in [0.5, 0.6) is 0 Å². The number of rotatable bonds is 3. The van der Waals surface area contributed by atoms with Crippen LogP contribution in [-0.2, 0) is 4.74 Å². The van der Waals surface area contributed by atoms with Crippen molar-refractivity contribution in [3.05, 3.63) is 30.1 Å². The van der Waals surface area contributed by atoms with Crippen LogP contribution in [-0.4, -0.2) is 28.7 Å². The first-order valence-electron chi connectivity index (χ1n) is 6.91. The predicted molar refractivity (Wildman–Crippen MR) is 77.7 cm³/mol. The summed E-state index contributed by atoms with van der Waals surface area (Å²) in [5, 5.41) is 0. The van der Waals surface area contributed by atoms with Crippen LogP contribution in [0.1, 0.15) is 30.9 Å². The topological polar surface area (TPSA) is 60.2 Å². The summed E-state index contributed by atoms with van der Waals surface area (Å²) in [4.78, 5) is 4.21. The largest absolute Gasteiger partial charge is 0.374 e. The summed E-state index contributed by atoms with van der Waals surface area (Å²) in [6, 6.07) is 4.25. The van der Waals surface area contributed by atoms with Gasteiger partial charge in [-0.15, -0.1) is 0 Å². The lowest BCUT2D eigenvalue weighted by molar-refractivity contribution is -0.0854. The molecular weight excluding hydrogens is 258 g/mol. The Morgan fingerprint density at radius 3 is 3.21 bits per heavy atom. The summed E-state index contributed by atoms with van der Waals surface area (Å²) in [7, 11) is 0. The fourth-order valence-corrected chi connectivity index (χ4v) is 4.66. The summed E-state index contributed by atoms with van der Waals surface area (Å²) in [6.07, 6.45) is 7.06. The van der Waals surface area contributed by atoms with E-state index in [-0.39, 0.29) is 11.6 Å². The van der Waals surface area contributed by atoms with Gasteiger partial charge in [0.2, 0.25) is 0 Å². The van der Waals surface area contributed by atoms with E-state index in [1.54, 1.807) is 6.20 Å². The van der Waals surface area contributed by atoms with E-state index in [9.17, 15) is 0 Å². The third-order valence-electron chi connectivity index (χ3n) is 4.29. The Hall–Kier alpha value is -0.620. The summed E-state index contributed by atoms with van der Waals surface area (Å²) in [5.41, 5.74) is 4.27. The first-order chi connectivity index (χ1) is 9.33. The molecule has 0 bridgehead atoms. The van der Waals surface area contributed by atoms with Crippen molar-refractivity contribution in [1.29, 1.82) is 0 Å². The van der Waals surface area contributed by atoms with Gasteiger partial charge in [-0.05, 0) is 42.6 Å². The molecule has 2 aliphatic heterocycles. The number of hydrogen-bond acceptors (Lipinski definition) is 5. The molecule has 3 atom stereocenters. The number of hydrogen-bond donors (Lipinski definition) is 2. The molecule has 19 heavy (non-hydrogen) atoms. The summed E-state index contributed by atoms with van der Waals surface area (Å²) in [6.45, 7) is 0.851. The van der Waals surface area contributed by atoms with Gasteiger partial charge in [0.15, 0.2) is 0 Å². The molecule has 4 nitrogen and oxygen atoms in total.